The molecule has 0 fully saturated rings. The lowest BCUT2D eigenvalue weighted by Gasteiger charge is -2.21. The van der Waals surface area contributed by atoms with Crippen LogP contribution in [0.2, 0.25) is 0 Å². The number of rotatable bonds is 7. The number of carbonyl (C=O) groups excluding carboxylic acids is 1. The van der Waals surface area contributed by atoms with Crippen LogP contribution in [-0.4, -0.2) is 36.5 Å². The molecule has 0 radical (unpaired) electrons. The van der Waals surface area contributed by atoms with Gasteiger partial charge in [0.2, 0.25) is 5.91 Å². The van der Waals surface area contributed by atoms with E-state index < -0.39 is 0 Å². The van der Waals surface area contributed by atoms with E-state index in [9.17, 15) is 4.79 Å². The lowest BCUT2D eigenvalue weighted by molar-refractivity contribution is -0.128. The first kappa shape index (κ1) is 17.8. The molecule has 0 aliphatic carbocycles. The number of hydrogen-bond donors (Lipinski definition) is 1. The standard InChI is InChI=1S/C11H24N2O.C2H6.H2/c1-5-6-8-13(11(4)14)9-7-12-10(2)3;1-2;/h10,12H,5-9H2,1-4H3;1-2H3;1H. The van der Waals surface area contributed by atoms with Gasteiger partial charge < -0.3 is 10.2 Å². The summed E-state index contributed by atoms with van der Waals surface area (Å²) in [6, 6.07) is 0.495. The van der Waals surface area contributed by atoms with Gasteiger partial charge in [0.05, 0.1) is 0 Å². The minimum absolute atomic E-state index is 0. The van der Waals surface area contributed by atoms with Crippen LogP contribution in [0.4, 0.5) is 0 Å². The second-order valence-corrected chi connectivity index (χ2v) is 3.97. The summed E-state index contributed by atoms with van der Waals surface area (Å²) < 4.78 is 0. The molecule has 1 amide bonds. The van der Waals surface area contributed by atoms with E-state index in [-0.39, 0.29) is 7.33 Å². The highest BCUT2D eigenvalue weighted by Crippen LogP contribution is 1.95. The maximum Gasteiger partial charge on any atom is 0.219 e. The van der Waals surface area contributed by atoms with Gasteiger partial charge in [-0.05, 0) is 6.42 Å². The summed E-state index contributed by atoms with van der Waals surface area (Å²) in [4.78, 5) is 13.1. The first-order valence-corrected chi connectivity index (χ1v) is 6.56. The van der Waals surface area contributed by atoms with E-state index in [2.05, 4.69) is 26.1 Å². The third-order valence-electron chi connectivity index (χ3n) is 2.16. The molecule has 0 saturated heterocycles. The summed E-state index contributed by atoms with van der Waals surface area (Å²) in [5.74, 6) is 0.184. The molecule has 0 aliphatic heterocycles. The van der Waals surface area contributed by atoms with Crippen molar-refractivity contribution in [2.75, 3.05) is 19.6 Å². The molecule has 0 rings (SSSR count). The molecular formula is C13H32N2O. The highest BCUT2D eigenvalue weighted by atomic mass is 16.2. The Balaban J connectivity index is -0.000000616. The van der Waals surface area contributed by atoms with Crippen molar-refractivity contribution in [2.24, 2.45) is 0 Å². The van der Waals surface area contributed by atoms with Crippen molar-refractivity contribution in [1.29, 1.82) is 0 Å². The van der Waals surface area contributed by atoms with Crippen LogP contribution in [0.3, 0.4) is 0 Å². The van der Waals surface area contributed by atoms with E-state index in [4.69, 9.17) is 0 Å². The van der Waals surface area contributed by atoms with Crippen molar-refractivity contribution in [3.8, 4) is 0 Å². The Bertz CT molecular complexity index is 163. The summed E-state index contributed by atoms with van der Waals surface area (Å²) in [6.45, 7) is 14.6. The minimum atomic E-state index is 0. The fourth-order valence-corrected chi connectivity index (χ4v) is 1.26. The van der Waals surface area contributed by atoms with Crippen LogP contribution in [0.25, 0.3) is 0 Å². The van der Waals surface area contributed by atoms with E-state index in [1.165, 1.54) is 0 Å². The Hall–Kier alpha value is -0.570. The smallest absolute Gasteiger partial charge is 0.219 e. The highest BCUT2D eigenvalue weighted by Gasteiger charge is 2.06. The van der Waals surface area contributed by atoms with E-state index in [0.717, 1.165) is 32.5 Å². The molecule has 0 spiro atoms. The monoisotopic (exact) mass is 232 g/mol. The average molecular weight is 232 g/mol. The van der Waals surface area contributed by atoms with Crippen LogP contribution in [0.15, 0.2) is 0 Å². The molecule has 1 N–H and O–H groups in total. The van der Waals surface area contributed by atoms with Crippen molar-refractivity contribution in [1.82, 2.24) is 10.2 Å². The van der Waals surface area contributed by atoms with E-state index in [1.807, 2.05) is 18.7 Å². The molecule has 0 unspecified atom stereocenters. The van der Waals surface area contributed by atoms with Gasteiger partial charge in [-0.3, -0.25) is 4.79 Å². The molecule has 0 aromatic carbocycles. The van der Waals surface area contributed by atoms with Gasteiger partial charge in [-0.15, -0.1) is 0 Å². The Morgan fingerprint density at radius 2 is 1.88 bits per heavy atom. The van der Waals surface area contributed by atoms with Gasteiger partial charge in [0.15, 0.2) is 0 Å². The molecule has 100 valence electrons. The largest absolute Gasteiger partial charge is 0.342 e. The van der Waals surface area contributed by atoms with Gasteiger partial charge in [-0.1, -0.05) is 41.0 Å². The summed E-state index contributed by atoms with van der Waals surface area (Å²) >= 11 is 0. The fraction of sp³-hybridized carbons (Fsp3) is 0.923. The lowest BCUT2D eigenvalue weighted by atomic mass is 10.3. The van der Waals surface area contributed by atoms with Gasteiger partial charge in [-0.2, -0.15) is 0 Å². The van der Waals surface area contributed by atoms with Crippen LogP contribution in [0, 0.1) is 0 Å². The zero-order chi connectivity index (χ0) is 13.0. The van der Waals surface area contributed by atoms with E-state index in [0.29, 0.717) is 6.04 Å². The number of nitrogens with one attached hydrogen (secondary N) is 1. The molecule has 0 aromatic rings. The van der Waals surface area contributed by atoms with Gasteiger partial charge in [0.1, 0.15) is 0 Å². The zero-order valence-electron chi connectivity index (χ0n) is 12.0. The first-order valence-electron chi connectivity index (χ1n) is 6.56. The van der Waals surface area contributed by atoms with Crippen molar-refractivity contribution in [2.45, 2.75) is 60.4 Å². The van der Waals surface area contributed by atoms with Crippen molar-refractivity contribution >= 4 is 5.91 Å². The Morgan fingerprint density at radius 1 is 1.31 bits per heavy atom. The molecule has 0 atom stereocenters. The number of hydrogen-bond acceptors (Lipinski definition) is 2. The summed E-state index contributed by atoms with van der Waals surface area (Å²) in [5, 5.41) is 3.31. The van der Waals surface area contributed by atoms with Crippen molar-refractivity contribution < 1.29 is 6.22 Å². The number of carbonyl (C=O) groups is 1. The normalized spacial score (nSPS) is 9.69. The fourth-order valence-electron chi connectivity index (χ4n) is 1.26. The Labute approximate surface area is 103 Å². The predicted molar refractivity (Wildman–Crippen MR) is 73.8 cm³/mol. The topological polar surface area (TPSA) is 32.3 Å². The highest BCUT2D eigenvalue weighted by molar-refractivity contribution is 5.73. The summed E-state index contributed by atoms with van der Waals surface area (Å²) in [6.07, 6.45) is 2.24. The maximum atomic E-state index is 11.2. The van der Waals surface area contributed by atoms with Crippen molar-refractivity contribution in [3.05, 3.63) is 0 Å². The van der Waals surface area contributed by atoms with E-state index >= 15 is 0 Å². The minimum Gasteiger partial charge on any atom is -0.342 e. The summed E-state index contributed by atoms with van der Waals surface area (Å²) in [7, 11) is 0. The number of unbranched alkanes of at least 4 members (excludes halogenated alkanes) is 1. The molecular weight excluding hydrogens is 200 g/mol. The second-order valence-electron chi connectivity index (χ2n) is 3.97. The second kappa shape index (κ2) is 12.5. The van der Waals surface area contributed by atoms with Crippen LogP contribution in [0.1, 0.15) is 55.8 Å². The Morgan fingerprint density at radius 3 is 2.25 bits per heavy atom. The third kappa shape index (κ3) is 11.5. The summed E-state index contributed by atoms with van der Waals surface area (Å²) in [5.41, 5.74) is 0. The van der Waals surface area contributed by atoms with Gasteiger partial charge in [0, 0.05) is 34.0 Å². The molecule has 0 saturated carbocycles. The average Bonchev–Trinajstić information content (AvgIpc) is 2.25. The van der Waals surface area contributed by atoms with Gasteiger partial charge in [-0.25, -0.2) is 0 Å². The number of nitrogens with zero attached hydrogens (tertiary/aromatic N) is 1. The molecule has 3 nitrogen and oxygen atoms in total. The zero-order valence-corrected chi connectivity index (χ0v) is 12.0. The lowest BCUT2D eigenvalue weighted by Crippen LogP contribution is -2.38. The molecule has 0 heterocycles. The van der Waals surface area contributed by atoms with Crippen LogP contribution in [0.5, 0.6) is 0 Å². The van der Waals surface area contributed by atoms with Gasteiger partial charge >= 0.3 is 0 Å². The predicted octanol–water partition coefficient (Wildman–Crippen LogP) is 2.91. The third-order valence-corrected chi connectivity index (χ3v) is 2.16. The molecule has 16 heavy (non-hydrogen) atoms. The SMILES string of the molecule is CC.CCCCN(CCNC(C)C)C(C)=O.[HH]. The molecule has 3 heteroatoms. The first-order chi connectivity index (χ1) is 7.57. The van der Waals surface area contributed by atoms with Crippen molar-refractivity contribution in [3.63, 3.8) is 0 Å². The van der Waals surface area contributed by atoms with Crippen LogP contribution < -0.4 is 5.32 Å². The van der Waals surface area contributed by atoms with Gasteiger partial charge in [0.25, 0.3) is 0 Å². The molecule has 0 aromatic heterocycles. The van der Waals surface area contributed by atoms with Crippen LogP contribution >= 0.6 is 0 Å². The molecule has 0 aliphatic rings. The number of amides is 1. The van der Waals surface area contributed by atoms with Crippen LogP contribution in [-0.2, 0) is 4.79 Å². The maximum absolute atomic E-state index is 11.2. The van der Waals surface area contributed by atoms with E-state index in [1.54, 1.807) is 6.92 Å². The quantitative estimate of drug-likeness (QED) is 0.732. The molecule has 0 bridgehead atoms. The Kier molecular flexibility index (Phi) is 13.9.